The van der Waals surface area contributed by atoms with Crippen molar-refractivity contribution in [3.05, 3.63) is 301 Å². The minimum Gasteiger partial charge on any atom is -0.455 e. The maximum atomic E-state index is 6.82. The molecular formula is C71H46N2O. The molecule has 3 nitrogen and oxygen atoms in total. The summed E-state index contributed by atoms with van der Waals surface area (Å²) in [5, 5.41) is 7.03. The predicted octanol–water partition coefficient (Wildman–Crippen LogP) is 19.0. The molecule has 346 valence electrons. The summed E-state index contributed by atoms with van der Waals surface area (Å²) in [6.45, 7) is 0. The van der Waals surface area contributed by atoms with Crippen molar-refractivity contribution in [2.24, 2.45) is 0 Å². The zero-order chi connectivity index (χ0) is 48.7. The molecule has 2 aromatic heterocycles. The fraction of sp³-hybridized carbons (Fsp3) is 0.0141. The van der Waals surface area contributed by atoms with Crippen LogP contribution in [0.25, 0.3) is 93.6 Å². The van der Waals surface area contributed by atoms with Gasteiger partial charge in [-0.15, -0.1) is 0 Å². The molecule has 1 aliphatic rings. The minimum atomic E-state index is -0.558. The molecule has 0 fully saturated rings. The Labute approximate surface area is 429 Å². The van der Waals surface area contributed by atoms with Gasteiger partial charge in [0.05, 0.1) is 27.8 Å². The topological polar surface area (TPSA) is 21.3 Å². The maximum absolute atomic E-state index is 6.82. The van der Waals surface area contributed by atoms with E-state index < -0.39 is 5.41 Å². The molecule has 0 amide bonds. The number of hydrogen-bond acceptors (Lipinski definition) is 2. The Morgan fingerprint density at radius 3 is 1.69 bits per heavy atom. The monoisotopic (exact) mass is 942 g/mol. The molecule has 74 heavy (non-hydrogen) atoms. The highest BCUT2D eigenvalue weighted by Crippen LogP contribution is 2.60. The van der Waals surface area contributed by atoms with Gasteiger partial charge in [0.15, 0.2) is 0 Å². The Kier molecular flexibility index (Phi) is 9.48. The predicted molar refractivity (Wildman–Crippen MR) is 308 cm³/mol. The van der Waals surface area contributed by atoms with Crippen molar-refractivity contribution in [3.63, 3.8) is 0 Å². The van der Waals surface area contributed by atoms with Crippen LogP contribution in [-0.2, 0) is 5.41 Å². The lowest BCUT2D eigenvalue weighted by Gasteiger charge is -2.34. The van der Waals surface area contributed by atoms with Crippen molar-refractivity contribution in [3.8, 4) is 39.1 Å². The highest BCUT2D eigenvalue weighted by molar-refractivity contribution is 6.16. The van der Waals surface area contributed by atoms with Crippen LogP contribution in [0.2, 0.25) is 0 Å². The van der Waals surface area contributed by atoms with E-state index >= 15 is 0 Å². The third-order valence-corrected chi connectivity index (χ3v) is 15.7. The van der Waals surface area contributed by atoms with Crippen molar-refractivity contribution in [2.75, 3.05) is 4.90 Å². The van der Waals surface area contributed by atoms with Gasteiger partial charge < -0.3 is 13.9 Å². The van der Waals surface area contributed by atoms with Crippen molar-refractivity contribution >= 4 is 71.6 Å². The number of furan rings is 1. The van der Waals surface area contributed by atoms with Gasteiger partial charge in [0.2, 0.25) is 0 Å². The van der Waals surface area contributed by atoms with E-state index in [9.17, 15) is 0 Å². The molecule has 15 rings (SSSR count). The number of hydrogen-bond donors (Lipinski definition) is 0. The summed E-state index contributed by atoms with van der Waals surface area (Å²) in [6.07, 6.45) is 0. The molecule has 14 aromatic rings. The van der Waals surface area contributed by atoms with Crippen LogP contribution in [0.5, 0.6) is 0 Å². The molecule has 0 unspecified atom stereocenters. The first-order chi connectivity index (χ1) is 36.7. The Morgan fingerprint density at radius 2 is 0.932 bits per heavy atom. The highest BCUT2D eigenvalue weighted by Gasteiger charge is 2.47. The molecule has 1 aliphatic carbocycles. The summed E-state index contributed by atoms with van der Waals surface area (Å²) in [6, 6.07) is 102. The van der Waals surface area contributed by atoms with Gasteiger partial charge in [-0.05, 0) is 117 Å². The molecule has 0 bridgehead atoms. The van der Waals surface area contributed by atoms with E-state index in [2.05, 4.69) is 289 Å². The van der Waals surface area contributed by atoms with E-state index in [4.69, 9.17) is 4.42 Å². The number of anilines is 3. The lowest BCUT2D eigenvalue weighted by molar-refractivity contribution is 0.673. The number of fused-ring (bicyclic) bond motifs is 11. The van der Waals surface area contributed by atoms with Gasteiger partial charge in [-0.3, -0.25) is 0 Å². The zero-order valence-corrected chi connectivity index (χ0v) is 40.4. The van der Waals surface area contributed by atoms with E-state index in [1.54, 1.807) is 0 Å². The van der Waals surface area contributed by atoms with E-state index in [0.29, 0.717) is 0 Å². The first-order valence-electron chi connectivity index (χ1n) is 25.5. The molecule has 0 spiro atoms. The number of rotatable bonds is 8. The normalized spacial score (nSPS) is 12.7. The van der Waals surface area contributed by atoms with Gasteiger partial charge in [0.1, 0.15) is 11.2 Å². The van der Waals surface area contributed by atoms with Crippen LogP contribution in [0.4, 0.5) is 17.1 Å². The van der Waals surface area contributed by atoms with Crippen molar-refractivity contribution in [1.82, 2.24) is 4.57 Å². The Hall–Kier alpha value is -9.70. The van der Waals surface area contributed by atoms with Crippen LogP contribution in [0, 0.1) is 0 Å². The maximum Gasteiger partial charge on any atom is 0.143 e. The summed E-state index contributed by atoms with van der Waals surface area (Å²) < 4.78 is 9.21. The van der Waals surface area contributed by atoms with Gasteiger partial charge in [-0.1, -0.05) is 212 Å². The molecular weight excluding hydrogens is 897 g/mol. The van der Waals surface area contributed by atoms with Crippen molar-refractivity contribution in [2.45, 2.75) is 5.41 Å². The lowest BCUT2D eigenvalue weighted by Crippen LogP contribution is -2.28. The summed E-state index contributed by atoms with van der Waals surface area (Å²) in [5.74, 6) is 0. The van der Waals surface area contributed by atoms with Gasteiger partial charge >= 0.3 is 0 Å². The zero-order valence-electron chi connectivity index (χ0n) is 40.4. The van der Waals surface area contributed by atoms with Crippen molar-refractivity contribution < 1.29 is 4.42 Å². The van der Waals surface area contributed by atoms with Crippen LogP contribution in [-0.4, -0.2) is 4.57 Å². The number of nitrogens with zero attached hydrogens (tertiary/aromatic N) is 2. The van der Waals surface area contributed by atoms with Crippen LogP contribution in [0.15, 0.2) is 283 Å². The third-order valence-electron chi connectivity index (χ3n) is 15.7. The summed E-state index contributed by atoms with van der Waals surface area (Å²) in [7, 11) is 0. The second kappa shape index (κ2) is 16.7. The van der Waals surface area contributed by atoms with Crippen LogP contribution >= 0.6 is 0 Å². The summed E-state index contributed by atoms with van der Waals surface area (Å²) in [5.41, 5.74) is 19.9. The van der Waals surface area contributed by atoms with E-state index in [-0.39, 0.29) is 0 Å². The second-order valence-corrected chi connectivity index (χ2v) is 19.5. The Bertz CT molecular complexity index is 4390. The fourth-order valence-corrected chi connectivity index (χ4v) is 12.5. The van der Waals surface area contributed by atoms with Gasteiger partial charge in [0, 0.05) is 49.4 Å². The first-order valence-corrected chi connectivity index (χ1v) is 25.5. The second-order valence-electron chi connectivity index (χ2n) is 19.5. The summed E-state index contributed by atoms with van der Waals surface area (Å²) >= 11 is 0. The number of aromatic nitrogens is 1. The van der Waals surface area contributed by atoms with Gasteiger partial charge in [-0.25, -0.2) is 0 Å². The first kappa shape index (κ1) is 42.0. The fourth-order valence-electron chi connectivity index (χ4n) is 12.5. The molecule has 0 atom stereocenters. The third kappa shape index (κ3) is 6.27. The molecule has 0 radical (unpaired) electrons. The van der Waals surface area contributed by atoms with Crippen LogP contribution in [0.3, 0.4) is 0 Å². The molecule has 0 saturated heterocycles. The summed E-state index contributed by atoms with van der Waals surface area (Å²) in [4.78, 5) is 2.49. The average Bonchev–Trinajstić information content (AvgIpc) is 4.16. The molecule has 2 heterocycles. The SMILES string of the molecule is c1ccc(C2(c3ccccc3)c3ccccc3-c3c(N(c4ccc(-c5cccc(-n6c7ccccc7c7ccccc76)c5)cc4)c4ccccc4-c4ccc5c(c4)oc4c6ccccc6ccc54)cccc32)cc1. The lowest BCUT2D eigenvalue weighted by atomic mass is 9.68. The molecule has 12 aromatic carbocycles. The highest BCUT2D eigenvalue weighted by atomic mass is 16.3. The molecule has 0 aliphatic heterocycles. The van der Waals surface area contributed by atoms with E-state index in [1.165, 1.54) is 60.6 Å². The Balaban J connectivity index is 0.937. The molecule has 0 saturated carbocycles. The van der Waals surface area contributed by atoms with E-state index in [1.807, 2.05) is 0 Å². The van der Waals surface area contributed by atoms with E-state index in [0.717, 1.165) is 72.3 Å². The number of para-hydroxylation sites is 3. The smallest absolute Gasteiger partial charge is 0.143 e. The number of benzene rings is 12. The average molecular weight is 943 g/mol. The van der Waals surface area contributed by atoms with Crippen molar-refractivity contribution in [1.29, 1.82) is 0 Å². The quantitative estimate of drug-likeness (QED) is 0.151. The largest absolute Gasteiger partial charge is 0.455 e. The Morgan fingerprint density at radius 1 is 0.351 bits per heavy atom. The van der Waals surface area contributed by atoms with Gasteiger partial charge in [-0.2, -0.15) is 0 Å². The molecule has 3 heteroatoms. The van der Waals surface area contributed by atoms with Crippen LogP contribution < -0.4 is 4.90 Å². The molecule has 0 N–H and O–H groups in total. The van der Waals surface area contributed by atoms with Gasteiger partial charge in [0.25, 0.3) is 0 Å². The van der Waals surface area contributed by atoms with Crippen LogP contribution in [0.1, 0.15) is 22.3 Å². The minimum absolute atomic E-state index is 0.558. The standard InChI is InChI=1S/C71H46N2O/c1-3-21-51(22-4-1)71(52-23-5-2-6-24-52)62-31-13-9-30-61(62)69-63(71)32-18-36-67(69)72(64-33-14-10-26-55(64)50-40-43-59-60-44-39-48-19-7-8-27-56(48)70(60)74-68(59)46-50)53-41-37-47(38-42-53)49-20-17-25-54(45-49)73-65-34-15-11-28-57(65)58-29-12-16-35-66(58)73/h1-46H.